The molecule has 10 nitrogen and oxygen atoms in total. The standard InChI is InChI=1S/C38H44N8O2/c1-38(2,3)30-16-13-28(14-17-30)35-44-31-23-29(15-18-32(31)46(35)33(34(39)47)12-8-21-43-37(40)41)36(48)45(25-27-11-7-20-42-24-27)22-19-26-9-5-4-6-10-26/h4-7,9-11,13-18,20,23-24,33H,8,12,19,21-22,25H2,1-3H3,(H2,39,47)(H4,40,41,43)/t33-/m0/s1. The van der Waals surface area contributed by atoms with Crippen LogP contribution in [0.15, 0.2) is 102 Å². The number of hydrogen-bond donors (Lipinski definition) is 3. The summed E-state index contributed by atoms with van der Waals surface area (Å²) in [4.78, 5) is 42.3. The maximum Gasteiger partial charge on any atom is 0.254 e. The second-order valence-corrected chi connectivity index (χ2v) is 13.0. The summed E-state index contributed by atoms with van der Waals surface area (Å²) in [6.45, 7) is 7.78. The molecule has 5 rings (SSSR count). The van der Waals surface area contributed by atoms with Gasteiger partial charge in [-0.2, -0.15) is 0 Å². The Morgan fingerprint density at radius 2 is 1.65 bits per heavy atom. The third kappa shape index (κ3) is 8.25. The normalized spacial score (nSPS) is 12.1. The van der Waals surface area contributed by atoms with Crippen LogP contribution >= 0.6 is 0 Å². The predicted octanol–water partition coefficient (Wildman–Crippen LogP) is 5.36. The van der Waals surface area contributed by atoms with Gasteiger partial charge in [-0.1, -0.05) is 81.4 Å². The van der Waals surface area contributed by atoms with Crippen molar-refractivity contribution in [1.29, 1.82) is 0 Å². The van der Waals surface area contributed by atoms with E-state index in [0.717, 1.165) is 16.7 Å². The quantitative estimate of drug-likeness (QED) is 0.0889. The lowest BCUT2D eigenvalue weighted by molar-refractivity contribution is -0.121. The fourth-order valence-electron chi connectivity index (χ4n) is 5.82. The van der Waals surface area contributed by atoms with Crippen LogP contribution in [0.1, 0.15) is 66.7 Å². The minimum Gasteiger partial charge on any atom is -0.370 e. The number of rotatable bonds is 13. The van der Waals surface area contributed by atoms with Gasteiger partial charge >= 0.3 is 0 Å². The zero-order valence-corrected chi connectivity index (χ0v) is 27.8. The summed E-state index contributed by atoms with van der Waals surface area (Å²) in [5.41, 5.74) is 22.9. The first-order valence-electron chi connectivity index (χ1n) is 16.2. The number of imidazole rings is 1. The molecule has 2 heterocycles. The largest absolute Gasteiger partial charge is 0.370 e. The van der Waals surface area contributed by atoms with Crippen LogP contribution in [0, 0.1) is 0 Å². The minimum absolute atomic E-state index is 0.00290. The number of benzene rings is 3. The first kappa shape index (κ1) is 33.8. The highest BCUT2D eigenvalue weighted by atomic mass is 16.2. The van der Waals surface area contributed by atoms with E-state index in [1.807, 2.05) is 58.0 Å². The van der Waals surface area contributed by atoms with Crippen molar-refractivity contribution in [1.82, 2.24) is 19.4 Å². The summed E-state index contributed by atoms with van der Waals surface area (Å²) < 4.78 is 1.89. The number of primary amides is 1. The van der Waals surface area contributed by atoms with E-state index in [2.05, 4.69) is 55.0 Å². The molecule has 0 aliphatic rings. The molecule has 248 valence electrons. The molecule has 10 heteroatoms. The molecule has 0 bridgehead atoms. The van der Waals surface area contributed by atoms with Crippen LogP contribution in [0.2, 0.25) is 0 Å². The van der Waals surface area contributed by atoms with E-state index < -0.39 is 11.9 Å². The Morgan fingerprint density at radius 1 is 0.917 bits per heavy atom. The predicted molar refractivity (Wildman–Crippen MR) is 191 cm³/mol. The zero-order chi connectivity index (χ0) is 34.3. The number of amides is 2. The number of aliphatic imine (C=N–C) groups is 1. The molecule has 6 N–H and O–H groups in total. The Bertz CT molecular complexity index is 1870. The van der Waals surface area contributed by atoms with Gasteiger partial charge in [0.05, 0.1) is 11.0 Å². The monoisotopic (exact) mass is 644 g/mol. The lowest BCUT2D eigenvalue weighted by Gasteiger charge is -2.23. The Balaban J connectivity index is 1.55. The van der Waals surface area contributed by atoms with E-state index in [1.165, 1.54) is 5.56 Å². The topological polar surface area (TPSA) is 159 Å². The third-order valence-electron chi connectivity index (χ3n) is 8.41. The molecule has 0 saturated carbocycles. The maximum absolute atomic E-state index is 14.1. The van der Waals surface area contributed by atoms with Crippen LogP contribution in [0.3, 0.4) is 0 Å². The Hall–Kier alpha value is -5.51. The number of carbonyl (C=O) groups is 2. The number of hydrogen-bond acceptors (Lipinski definition) is 5. The van der Waals surface area contributed by atoms with Crippen LogP contribution in [0.25, 0.3) is 22.4 Å². The van der Waals surface area contributed by atoms with Gasteiger partial charge in [0, 0.05) is 43.2 Å². The van der Waals surface area contributed by atoms with Crippen LogP contribution in [0.4, 0.5) is 0 Å². The number of pyridine rings is 1. The van der Waals surface area contributed by atoms with Gasteiger partial charge in [0.25, 0.3) is 5.91 Å². The SMILES string of the molecule is CC(C)(C)c1ccc(-c2nc3cc(C(=O)N(CCc4ccccc4)Cc4cccnc4)ccc3n2[C@@H](CCCN=C(N)N)C(N)=O)cc1. The van der Waals surface area contributed by atoms with Gasteiger partial charge in [-0.15, -0.1) is 0 Å². The van der Waals surface area contributed by atoms with Gasteiger partial charge in [0.15, 0.2) is 5.96 Å². The van der Waals surface area contributed by atoms with Gasteiger partial charge in [-0.25, -0.2) is 4.98 Å². The molecular formula is C38H44N8O2. The zero-order valence-electron chi connectivity index (χ0n) is 27.8. The highest BCUT2D eigenvalue weighted by molar-refractivity contribution is 5.98. The third-order valence-corrected chi connectivity index (χ3v) is 8.41. The number of fused-ring (bicyclic) bond motifs is 1. The first-order chi connectivity index (χ1) is 23.0. The molecule has 0 unspecified atom stereocenters. The number of nitrogens with two attached hydrogens (primary N) is 3. The number of aromatic nitrogens is 3. The molecule has 0 spiro atoms. The molecule has 2 aromatic heterocycles. The van der Waals surface area contributed by atoms with E-state index in [1.54, 1.807) is 24.5 Å². The van der Waals surface area contributed by atoms with E-state index in [-0.39, 0.29) is 17.3 Å². The van der Waals surface area contributed by atoms with Gasteiger partial charge in [-0.05, 0) is 65.6 Å². The second-order valence-electron chi connectivity index (χ2n) is 13.0. The van der Waals surface area contributed by atoms with Crippen LogP contribution in [-0.4, -0.2) is 50.3 Å². The molecule has 0 fully saturated rings. The lowest BCUT2D eigenvalue weighted by atomic mass is 9.86. The molecule has 0 aliphatic carbocycles. The Morgan fingerprint density at radius 3 is 2.29 bits per heavy atom. The highest BCUT2D eigenvalue weighted by Gasteiger charge is 2.26. The summed E-state index contributed by atoms with van der Waals surface area (Å²) in [6.07, 6.45) is 5.15. The molecule has 0 saturated heterocycles. The molecule has 1 atom stereocenters. The van der Waals surface area contributed by atoms with Gasteiger partial charge < -0.3 is 26.7 Å². The molecule has 48 heavy (non-hydrogen) atoms. The minimum atomic E-state index is -0.712. The van der Waals surface area contributed by atoms with Crippen molar-refractivity contribution in [3.63, 3.8) is 0 Å². The van der Waals surface area contributed by atoms with E-state index >= 15 is 0 Å². The number of nitrogens with zero attached hydrogens (tertiary/aromatic N) is 5. The van der Waals surface area contributed by atoms with E-state index in [4.69, 9.17) is 22.2 Å². The van der Waals surface area contributed by atoms with Crippen molar-refractivity contribution in [2.45, 2.75) is 58.0 Å². The Kier molecular flexibility index (Phi) is 10.5. The van der Waals surface area contributed by atoms with Crippen molar-refractivity contribution < 1.29 is 9.59 Å². The number of guanidine groups is 1. The van der Waals surface area contributed by atoms with Crippen molar-refractivity contribution in [2.75, 3.05) is 13.1 Å². The molecule has 0 radical (unpaired) electrons. The van der Waals surface area contributed by atoms with Crippen LogP contribution in [-0.2, 0) is 23.2 Å². The second kappa shape index (κ2) is 14.9. The molecular weight excluding hydrogens is 600 g/mol. The number of carbonyl (C=O) groups excluding carboxylic acids is 2. The fraction of sp³-hybridized carbons (Fsp3) is 0.289. The van der Waals surface area contributed by atoms with Crippen LogP contribution < -0.4 is 17.2 Å². The van der Waals surface area contributed by atoms with E-state index in [0.29, 0.717) is 61.3 Å². The highest BCUT2D eigenvalue weighted by Crippen LogP contribution is 2.33. The summed E-state index contributed by atoms with van der Waals surface area (Å²) in [5, 5.41) is 0. The smallest absolute Gasteiger partial charge is 0.254 e. The molecule has 5 aromatic rings. The maximum atomic E-state index is 14.1. The van der Waals surface area contributed by atoms with E-state index in [9.17, 15) is 9.59 Å². The summed E-state index contributed by atoms with van der Waals surface area (Å²) in [5.74, 6) is -0.0184. The fourth-order valence-corrected chi connectivity index (χ4v) is 5.82. The van der Waals surface area contributed by atoms with Gasteiger partial charge in [0.2, 0.25) is 5.91 Å². The van der Waals surface area contributed by atoms with Gasteiger partial charge in [0.1, 0.15) is 11.9 Å². The van der Waals surface area contributed by atoms with Gasteiger partial charge in [-0.3, -0.25) is 19.6 Å². The van der Waals surface area contributed by atoms with Crippen molar-refractivity contribution in [3.8, 4) is 11.4 Å². The summed E-state index contributed by atoms with van der Waals surface area (Å²) in [6, 6.07) is 26.9. The first-order valence-corrected chi connectivity index (χ1v) is 16.2. The summed E-state index contributed by atoms with van der Waals surface area (Å²) in [7, 11) is 0. The molecule has 0 aliphatic heterocycles. The lowest BCUT2D eigenvalue weighted by Crippen LogP contribution is -2.32. The summed E-state index contributed by atoms with van der Waals surface area (Å²) >= 11 is 0. The average Bonchev–Trinajstić information content (AvgIpc) is 3.45. The molecule has 2 amide bonds. The van der Waals surface area contributed by atoms with Crippen molar-refractivity contribution in [2.24, 2.45) is 22.2 Å². The van der Waals surface area contributed by atoms with Crippen molar-refractivity contribution >= 4 is 28.8 Å². The van der Waals surface area contributed by atoms with Crippen molar-refractivity contribution in [3.05, 3.63) is 120 Å². The molecule has 3 aromatic carbocycles. The Labute approximate surface area is 281 Å². The average molecular weight is 645 g/mol. The van der Waals surface area contributed by atoms with Crippen LogP contribution in [0.5, 0.6) is 0 Å².